The summed E-state index contributed by atoms with van der Waals surface area (Å²) in [6.07, 6.45) is 2.02. The largest absolute Gasteiger partial charge is 0.478 e. The number of rotatable bonds is 3. The highest BCUT2D eigenvalue weighted by atomic mass is 16.4. The van der Waals surface area contributed by atoms with Gasteiger partial charge in [0.25, 0.3) is 0 Å². The van der Waals surface area contributed by atoms with E-state index in [2.05, 4.69) is 4.90 Å². The monoisotopic (exact) mass is 235 g/mol. The van der Waals surface area contributed by atoms with Gasteiger partial charge in [-0.15, -0.1) is 0 Å². The van der Waals surface area contributed by atoms with Gasteiger partial charge in [0.2, 0.25) is 0 Å². The quantitative estimate of drug-likeness (QED) is 0.835. The van der Waals surface area contributed by atoms with Crippen LogP contribution >= 0.6 is 0 Å². The van der Waals surface area contributed by atoms with Crippen molar-refractivity contribution in [2.45, 2.75) is 12.8 Å². The van der Waals surface area contributed by atoms with E-state index in [0.29, 0.717) is 5.56 Å². The maximum Gasteiger partial charge on any atom is 0.337 e. The summed E-state index contributed by atoms with van der Waals surface area (Å²) >= 11 is 0. The van der Waals surface area contributed by atoms with Gasteiger partial charge in [0.1, 0.15) is 0 Å². The lowest BCUT2D eigenvalue weighted by molar-refractivity contribution is 0.0697. The molecule has 0 radical (unpaired) electrons. The van der Waals surface area contributed by atoms with Crippen LogP contribution in [0.3, 0.4) is 0 Å². The minimum absolute atomic E-state index is 0.172. The molecule has 0 saturated carbocycles. The zero-order chi connectivity index (χ0) is 12.3. The molecule has 2 rings (SSSR count). The normalized spacial score (nSPS) is 20.3. The van der Waals surface area contributed by atoms with E-state index < -0.39 is 5.97 Å². The van der Waals surface area contributed by atoms with E-state index in [-0.39, 0.29) is 12.5 Å². The number of carboxylic acids is 1. The molecule has 92 valence electrons. The molecule has 1 aromatic carbocycles. The van der Waals surface area contributed by atoms with Gasteiger partial charge in [-0.05, 0) is 30.9 Å². The Hall–Kier alpha value is -1.55. The molecule has 2 N–H and O–H groups in total. The summed E-state index contributed by atoms with van der Waals surface area (Å²) in [7, 11) is 0. The summed E-state index contributed by atoms with van der Waals surface area (Å²) in [5.41, 5.74) is 1.10. The van der Waals surface area contributed by atoms with Gasteiger partial charge >= 0.3 is 5.97 Å². The second kappa shape index (κ2) is 5.19. The third-order valence-electron chi connectivity index (χ3n) is 3.25. The summed E-state index contributed by atoms with van der Waals surface area (Å²) in [6.45, 7) is 1.77. The van der Waals surface area contributed by atoms with Gasteiger partial charge in [-0.25, -0.2) is 4.79 Å². The fourth-order valence-corrected chi connectivity index (χ4v) is 2.36. The molecule has 1 fully saturated rings. The van der Waals surface area contributed by atoms with Crippen LogP contribution in [0.25, 0.3) is 0 Å². The number of aliphatic hydroxyl groups is 1. The number of hydrogen-bond donors (Lipinski definition) is 2. The van der Waals surface area contributed by atoms with Gasteiger partial charge in [0.15, 0.2) is 0 Å². The van der Waals surface area contributed by atoms with E-state index in [4.69, 9.17) is 5.11 Å². The van der Waals surface area contributed by atoms with E-state index in [1.165, 1.54) is 0 Å². The van der Waals surface area contributed by atoms with Crippen molar-refractivity contribution in [3.8, 4) is 0 Å². The second-order valence-corrected chi connectivity index (χ2v) is 4.46. The number of para-hydroxylation sites is 1. The van der Waals surface area contributed by atoms with Crippen molar-refractivity contribution in [3.05, 3.63) is 29.8 Å². The number of anilines is 1. The number of carboxylic acid groups (broad SMARTS) is 1. The van der Waals surface area contributed by atoms with Gasteiger partial charge in [0, 0.05) is 19.7 Å². The van der Waals surface area contributed by atoms with Crippen molar-refractivity contribution in [2.75, 3.05) is 24.6 Å². The summed E-state index contributed by atoms with van der Waals surface area (Å²) in [5.74, 6) is -0.641. The molecule has 0 amide bonds. The Morgan fingerprint density at radius 2 is 2.18 bits per heavy atom. The van der Waals surface area contributed by atoms with E-state index >= 15 is 0 Å². The highest BCUT2D eigenvalue weighted by molar-refractivity contribution is 5.94. The molecule has 1 saturated heterocycles. The van der Waals surface area contributed by atoms with Crippen molar-refractivity contribution in [1.82, 2.24) is 0 Å². The van der Waals surface area contributed by atoms with Crippen LogP contribution in [0.1, 0.15) is 23.2 Å². The molecule has 1 aliphatic heterocycles. The average Bonchev–Trinajstić information content (AvgIpc) is 2.39. The summed E-state index contributed by atoms with van der Waals surface area (Å²) in [5, 5.41) is 18.3. The van der Waals surface area contributed by atoms with Gasteiger partial charge in [0.05, 0.1) is 11.3 Å². The molecule has 0 aromatic heterocycles. The Bertz CT molecular complexity index is 405. The van der Waals surface area contributed by atoms with Crippen LogP contribution in [-0.2, 0) is 0 Å². The Balaban J connectivity index is 2.24. The first-order valence-corrected chi connectivity index (χ1v) is 5.90. The molecule has 0 bridgehead atoms. The molecular formula is C13H17NO3. The number of nitrogens with zero attached hydrogens (tertiary/aromatic N) is 1. The van der Waals surface area contributed by atoms with Crippen molar-refractivity contribution in [2.24, 2.45) is 5.92 Å². The molecule has 1 unspecified atom stereocenters. The summed E-state index contributed by atoms with van der Waals surface area (Å²) in [6, 6.07) is 7.05. The van der Waals surface area contributed by atoms with E-state index in [1.807, 2.05) is 12.1 Å². The Morgan fingerprint density at radius 1 is 1.41 bits per heavy atom. The SMILES string of the molecule is O=C(O)c1ccccc1N1CCCC(CO)C1. The van der Waals surface area contributed by atoms with Crippen molar-refractivity contribution in [1.29, 1.82) is 0 Å². The van der Waals surface area contributed by atoms with Crippen LogP contribution in [0.4, 0.5) is 5.69 Å². The first-order chi connectivity index (χ1) is 8.22. The van der Waals surface area contributed by atoms with Crippen molar-refractivity contribution >= 4 is 11.7 Å². The highest BCUT2D eigenvalue weighted by Gasteiger charge is 2.22. The van der Waals surface area contributed by atoms with Crippen molar-refractivity contribution in [3.63, 3.8) is 0 Å². The molecule has 0 spiro atoms. The predicted octanol–water partition coefficient (Wildman–Crippen LogP) is 1.59. The van der Waals surface area contributed by atoms with Gasteiger partial charge in [-0.2, -0.15) is 0 Å². The zero-order valence-corrected chi connectivity index (χ0v) is 9.67. The fourth-order valence-electron chi connectivity index (χ4n) is 2.36. The Kier molecular flexibility index (Phi) is 3.64. The van der Waals surface area contributed by atoms with Crippen LogP contribution in [-0.4, -0.2) is 35.9 Å². The second-order valence-electron chi connectivity index (χ2n) is 4.46. The van der Waals surface area contributed by atoms with Crippen LogP contribution in [0, 0.1) is 5.92 Å². The van der Waals surface area contributed by atoms with Gasteiger partial charge in [-0.3, -0.25) is 0 Å². The molecule has 1 heterocycles. The molecular weight excluding hydrogens is 218 g/mol. The number of aliphatic hydroxyl groups excluding tert-OH is 1. The first-order valence-electron chi connectivity index (χ1n) is 5.90. The standard InChI is InChI=1S/C13H17NO3/c15-9-10-4-3-7-14(8-10)12-6-2-1-5-11(12)13(16)17/h1-2,5-6,10,15H,3-4,7-9H2,(H,16,17). The third kappa shape index (κ3) is 2.58. The van der Waals surface area contributed by atoms with Gasteiger partial charge < -0.3 is 15.1 Å². The highest BCUT2D eigenvalue weighted by Crippen LogP contribution is 2.26. The molecule has 1 atom stereocenters. The molecule has 17 heavy (non-hydrogen) atoms. The minimum Gasteiger partial charge on any atom is -0.478 e. The van der Waals surface area contributed by atoms with E-state index in [9.17, 15) is 9.90 Å². The average molecular weight is 235 g/mol. The van der Waals surface area contributed by atoms with E-state index in [0.717, 1.165) is 31.6 Å². The third-order valence-corrected chi connectivity index (χ3v) is 3.25. The van der Waals surface area contributed by atoms with Crippen molar-refractivity contribution < 1.29 is 15.0 Å². The number of benzene rings is 1. The lowest BCUT2D eigenvalue weighted by Gasteiger charge is -2.34. The summed E-state index contributed by atoms with van der Waals surface area (Å²) < 4.78 is 0. The van der Waals surface area contributed by atoms with Crippen LogP contribution in [0.15, 0.2) is 24.3 Å². The number of piperidine rings is 1. The maximum absolute atomic E-state index is 11.1. The van der Waals surface area contributed by atoms with E-state index in [1.54, 1.807) is 12.1 Å². The molecule has 4 heteroatoms. The number of carbonyl (C=O) groups is 1. The fraction of sp³-hybridized carbons (Fsp3) is 0.462. The minimum atomic E-state index is -0.897. The zero-order valence-electron chi connectivity index (χ0n) is 9.67. The first kappa shape index (κ1) is 11.9. The van der Waals surface area contributed by atoms with Crippen LogP contribution in [0.2, 0.25) is 0 Å². The lowest BCUT2D eigenvalue weighted by Crippen LogP contribution is -2.37. The molecule has 1 aliphatic rings. The summed E-state index contributed by atoms with van der Waals surface area (Å²) in [4.78, 5) is 13.2. The topological polar surface area (TPSA) is 60.8 Å². The molecule has 1 aromatic rings. The van der Waals surface area contributed by atoms with Crippen LogP contribution in [0.5, 0.6) is 0 Å². The van der Waals surface area contributed by atoms with Gasteiger partial charge in [-0.1, -0.05) is 12.1 Å². The maximum atomic E-state index is 11.1. The number of hydrogen-bond acceptors (Lipinski definition) is 3. The smallest absolute Gasteiger partial charge is 0.337 e. The predicted molar refractivity (Wildman–Crippen MR) is 65.4 cm³/mol. The molecule has 0 aliphatic carbocycles. The Morgan fingerprint density at radius 3 is 2.88 bits per heavy atom. The molecule has 4 nitrogen and oxygen atoms in total. The lowest BCUT2D eigenvalue weighted by atomic mass is 9.97. The number of aromatic carboxylic acids is 1. The van der Waals surface area contributed by atoms with Crippen LogP contribution < -0.4 is 4.90 Å². The Labute approximate surface area is 100 Å².